The Labute approximate surface area is 106 Å². The van der Waals surface area contributed by atoms with Crippen molar-refractivity contribution in [1.29, 1.82) is 0 Å². The van der Waals surface area contributed by atoms with Crippen LogP contribution in [0.3, 0.4) is 0 Å². The maximum atomic E-state index is 12.0. The summed E-state index contributed by atoms with van der Waals surface area (Å²) in [5.41, 5.74) is 1.91. The molecule has 6 heteroatoms. The topological polar surface area (TPSA) is 74.8 Å². The Hall–Kier alpha value is -1.66. The van der Waals surface area contributed by atoms with Crippen LogP contribution in [-0.4, -0.2) is 18.6 Å². The molecule has 0 amide bonds. The molecular weight excluding hydrogens is 250 g/mol. The van der Waals surface area contributed by atoms with E-state index in [1.165, 1.54) is 0 Å². The fourth-order valence-electron chi connectivity index (χ4n) is 1.54. The molecule has 0 radical (unpaired) electrons. The van der Waals surface area contributed by atoms with Crippen LogP contribution in [0.25, 0.3) is 0 Å². The minimum Gasteiger partial charge on any atom is -0.285 e. The number of benzene rings is 1. The highest BCUT2D eigenvalue weighted by Gasteiger charge is 2.13. The molecule has 0 spiro atoms. The molecular formula is C12H15N3O2S. The number of nitrogens with one attached hydrogen (secondary N) is 2. The third-order valence-corrected chi connectivity index (χ3v) is 4.08. The van der Waals surface area contributed by atoms with Crippen LogP contribution in [-0.2, 0) is 23.0 Å². The number of aryl methyl sites for hydroxylation is 1. The van der Waals surface area contributed by atoms with Gasteiger partial charge in [0.05, 0.1) is 11.1 Å². The highest BCUT2D eigenvalue weighted by atomic mass is 32.2. The first kappa shape index (κ1) is 12.8. The number of H-pyrrole nitrogens is 1. The SMILES string of the molecule is CCc1ccc(S(=O)(=O)NCc2cn[nH]c2)cc1. The Morgan fingerprint density at radius 3 is 2.50 bits per heavy atom. The molecule has 0 saturated carbocycles. The van der Waals surface area contributed by atoms with Crippen LogP contribution >= 0.6 is 0 Å². The summed E-state index contributed by atoms with van der Waals surface area (Å²) in [4.78, 5) is 0.281. The summed E-state index contributed by atoms with van der Waals surface area (Å²) in [6, 6.07) is 6.89. The van der Waals surface area contributed by atoms with Gasteiger partial charge in [-0.05, 0) is 24.1 Å². The van der Waals surface area contributed by atoms with Crippen LogP contribution in [0.2, 0.25) is 0 Å². The second kappa shape index (κ2) is 5.32. The molecule has 0 aliphatic carbocycles. The van der Waals surface area contributed by atoms with Gasteiger partial charge in [0.2, 0.25) is 10.0 Å². The van der Waals surface area contributed by atoms with Crippen LogP contribution < -0.4 is 4.72 Å². The molecule has 0 unspecified atom stereocenters. The van der Waals surface area contributed by atoms with E-state index in [0.717, 1.165) is 17.5 Å². The Balaban J connectivity index is 2.09. The Kier molecular flexibility index (Phi) is 3.78. The van der Waals surface area contributed by atoms with Gasteiger partial charge in [0.25, 0.3) is 0 Å². The van der Waals surface area contributed by atoms with Gasteiger partial charge in [-0.15, -0.1) is 0 Å². The summed E-state index contributed by atoms with van der Waals surface area (Å²) in [7, 11) is -3.45. The zero-order valence-corrected chi connectivity index (χ0v) is 10.9. The van der Waals surface area contributed by atoms with E-state index < -0.39 is 10.0 Å². The zero-order chi connectivity index (χ0) is 13.0. The lowest BCUT2D eigenvalue weighted by molar-refractivity contribution is 0.581. The lowest BCUT2D eigenvalue weighted by Gasteiger charge is -2.06. The summed E-state index contributed by atoms with van der Waals surface area (Å²) in [5.74, 6) is 0. The fraction of sp³-hybridized carbons (Fsp3) is 0.250. The van der Waals surface area contributed by atoms with E-state index in [9.17, 15) is 8.42 Å². The van der Waals surface area contributed by atoms with Gasteiger partial charge in [0, 0.05) is 18.3 Å². The Morgan fingerprint density at radius 2 is 1.94 bits per heavy atom. The molecule has 2 rings (SSSR count). The summed E-state index contributed by atoms with van der Waals surface area (Å²) in [6.45, 7) is 2.26. The van der Waals surface area contributed by atoms with Crippen molar-refractivity contribution in [3.8, 4) is 0 Å². The van der Waals surface area contributed by atoms with E-state index in [1.807, 2.05) is 19.1 Å². The normalized spacial score (nSPS) is 11.6. The second-order valence-electron chi connectivity index (χ2n) is 3.93. The van der Waals surface area contributed by atoms with Gasteiger partial charge in [-0.2, -0.15) is 5.10 Å². The number of hydrogen-bond acceptors (Lipinski definition) is 3. The van der Waals surface area contributed by atoms with Crippen molar-refractivity contribution in [2.24, 2.45) is 0 Å². The molecule has 96 valence electrons. The maximum absolute atomic E-state index is 12.0. The number of nitrogens with zero attached hydrogens (tertiary/aromatic N) is 1. The third-order valence-electron chi connectivity index (χ3n) is 2.66. The minimum atomic E-state index is -3.45. The highest BCUT2D eigenvalue weighted by Crippen LogP contribution is 2.11. The van der Waals surface area contributed by atoms with E-state index in [1.54, 1.807) is 24.5 Å². The van der Waals surface area contributed by atoms with Crippen LogP contribution in [0.1, 0.15) is 18.1 Å². The molecule has 0 fully saturated rings. The third kappa shape index (κ3) is 2.96. The average Bonchev–Trinajstić information content (AvgIpc) is 2.90. The molecule has 1 aromatic heterocycles. The Bertz CT molecular complexity index is 589. The van der Waals surface area contributed by atoms with Crippen molar-refractivity contribution in [2.45, 2.75) is 24.8 Å². The maximum Gasteiger partial charge on any atom is 0.240 e. The molecule has 0 aliphatic rings. The number of aromatic amines is 1. The van der Waals surface area contributed by atoms with Gasteiger partial charge >= 0.3 is 0 Å². The van der Waals surface area contributed by atoms with E-state index >= 15 is 0 Å². The van der Waals surface area contributed by atoms with Crippen molar-refractivity contribution in [2.75, 3.05) is 0 Å². The summed E-state index contributed by atoms with van der Waals surface area (Å²) in [6.07, 6.45) is 4.13. The first-order valence-corrected chi connectivity index (χ1v) is 7.16. The number of hydrogen-bond donors (Lipinski definition) is 2. The molecule has 0 bridgehead atoms. The van der Waals surface area contributed by atoms with Gasteiger partial charge in [0.15, 0.2) is 0 Å². The van der Waals surface area contributed by atoms with Gasteiger partial charge < -0.3 is 0 Å². The molecule has 2 aromatic rings. The Morgan fingerprint density at radius 1 is 1.22 bits per heavy atom. The summed E-state index contributed by atoms with van der Waals surface area (Å²) in [5, 5.41) is 6.39. The van der Waals surface area contributed by atoms with Crippen molar-refractivity contribution >= 4 is 10.0 Å². The van der Waals surface area contributed by atoms with E-state index in [-0.39, 0.29) is 11.4 Å². The van der Waals surface area contributed by atoms with Crippen molar-refractivity contribution < 1.29 is 8.42 Å². The first-order valence-electron chi connectivity index (χ1n) is 5.68. The smallest absolute Gasteiger partial charge is 0.240 e. The summed E-state index contributed by atoms with van der Waals surface area (Å²) >= 11 is 0. The molecule has 0 atom stereocenters. The summed E-state index contributed by atoms with van der Waals surface area (Å²) < 4.78 is 26.5. The van der Waals surface area contributed by atoms with E-state index in [4.69, 9.17) is 0 Å². The molecule has 0 aliphatic heterocycles. The zero-order valence-electron chi connectivity index (χ0n) is 10.1. The monoisotopic (exact) mass is 265 g/mol. The lowest BCUT2D eigenvalue weighted by atomic mass is 10.2. The molecule has 18 heavy (non-hydrogen) atoms. The molecule has 5 nitrogen and oxygen atoms in total. The van der Waals surface area contributed by atoms with Gasteiger partial charge in [0.1, 0.15) is 0 Å². The van der Waals surface area contributed by atoms with Crippen LogP contribution in [0, 0.1) is 0 Å². The predicted octanol–water partition coefficient (Wildman–Crippen LogP) is 1.45. The average molecular weight is 265 g/mol. The van der Waals surface area contributed by atoms with Gasteiger partial charge in [-0.1, -0.05) is 19.1 Å². The standard InChI is InChI=1S/C12H15N3O2S/c1-2-10-3-5-12(6-4-10)18(16,17)15-9-11-7-13-14-8-11/h3-8,15H,2,9H2,1H3,(H,13,14). The minimum absolute atomic E-state index is 0.231. The quantitative estimate of drug-likeness (QED) is 0.859. The van der Waals surface area contributed by atoms with Crippen LogP contribution in [0.15, 0.2) is 41.6 Å². The van der Waals surface area contributed by atoms with Crippen molar-refractivity contribution in [1.82, 2.24) is 14.9 Å². The lowest BCUT2D eigenvalue weighted by Crippen LogP contribution is -2.23. The first-order chi connectivity index (χ1) is 8.62. The van der Waals surface area contributed by atoms with E-state index in [0.29, 0.717) is 0 Å². The largest absolute Gasteiger partial charge is 0.285 e. The number of aromatic nitrogens is 2. The highest BCUT2D eigenvalue weighted by molar-refractivity contribution is 7.89. The van der Waals surface area contributed by atoms with Crippen molar-refractivity contribution in [3.63, 3.8) is 0 Å². The predicted molar refractivity (Wildman–Crippen MR) is 68.4 cm³/mol. The fourth-order valence-corrected chi connectivity index (χ4v) is 2.56. The van der Waals surface area contributed by atoms with Crippen LogP contribution in [0.4, 0.5) is 0 Å². The van der Waals surface area contributed by atoms with Crippen LogP contribution in [0.5, 0.6) is 0 Å². The second-order valence-corrected chi connectivity index (χ2v) is 5.70. The van der Waals surface area contributed by atoms with Gasteiger partial charge in [-0.25, -0.2) is 13.1 Å². The van der Waals surface area contributed by atoms with Crippen molar-refractivity contribution in [3.05, 3.63) is 47.8 Å². The number of rotatable bonds is 5. The number of sulfonamides is 1. The molecule has 0 saturated heterocycles. The molecule has 1 aromatic carbocycles. The molecule has 2 N–H and O–H groups in total. The van der Waals surface area contributed by atoms with Gasteiger partial charge in [-0.3, -0.25) is 5.10 Å². The van der Waals surface area contributed by atoms with E-state index in [2.05, 4.69) is 14.9 Å². The molecule has 1 heterocycles.